The van der Waals surface area contributed by atoms with Gasteiger partial charge in [0.2, 0.25) is 5.91 Å². The molecule has 2 aromatic carbocycles. The monoisotopic (exact) mass is 438 g/mol. The minimum absolute atomic E-state index is 0.00985. The lowest BCUT2D eigenvalue weighted by molar-refractivity contribution is -0.116. The van der Waals surface area contributed by atoms with Gasteiger partial charge < -0.3 is 20.4 Å². The van der Waals surface area contributed by atoms with Crippen LogP contribution in [0.3, 0.4) is 0 Å². The number of nitrogens with one attached hydrogen (secondary N) is 2. The minimum atomic E-state index is -0.412. The summed E-state index contributed by atoms with van der Waals surface area (Å²) in [5.74, 6) is -0.281. The summed E-state index contributed by atoms with van der Waals surface area (Å²) in [4.78, 5) is 40.5. The van der Waals surface area contributed by atoms with Gasteiger partial charge in [0.1, 0.15) is 5.82 Å². The number of nitrogens with zero attached hydrogens (tertiary/aromatic N) is 2. The smallest absolute Gasteiger partial charge is 0.319 e. The zero-order chi connectivity index (χ0) is 22.7. The van der Waals surface area contributed by atoms with Crippen LogP contribution in [0.15, 0.2) is 42.5 Å². The molecule has 1 atom stereocenters. The van der Waals surface area contributed by atoms with Gasteiger partial charge in [-0.25, -0.2) is 9.18 Å². The molecule has 1 fully saturated rings. The number of fused-ring (bicyclic) bond motifs is 1. The Morgan fingerprint density at radius 2 is 1.97 bits per heavy atom. The number of carbonyl (C=O) groups is 3. The molecule has 8 heteroatoms. The van der Waals surface area contributed by atoms with Crippen molar-refractivity contribution in [3.8, 4) is 0 Å². The Hall–Kier alpha value is -3.42. The van der Waals surface area contributed by atoms with Gasteiger partial charge >= 0.3 is 6.03 Å². The van der Waals surface area contributed by atoms with Crippen molar-refractivity contribution < 1.29 is 18.8 Å². The zero-order valence-corrected chi connectivity index (χ0v) is 18.1. The van der Waals surface area contributed by atoms with Crippen LogP contribution in [0, 0.1) is 11.7 Å². The number of piperidine rings is 1. The third-order valence-corrected chi connectivity index (χ3v) is 6.04. The Bertz CT molecular complexity index is 1040. The molecular formula is C24H27FN4O3. The van der Waals surface area contributed by atoms with Crippen LogP contribution in [0.4, 0.5) is 20.6 Å². The molecule has 0 aliphatic carbocycles. The molecule has 0 aromatic heterocycles. The maximum Gasteiger partial charge on any atom is 0.319 e. The SMILES string of the molecule is CC(=O)N1CCc2cc(C(=O)N3CCCC(CNC(=O)Nc4cccc(F)c4)C3)ccc21. The van der Waals surface area contributed by atoms with Crippen molar-refractivity contribution in [2.75, 3.05) is 36.4 Å². The molecule has 7 nitrogen and oxygen atoms in total. The first-order valence-corrected chi connectivity index (χ1v) is 10.9. The maximum absolute atomic E-state index is 13.3. The van der Waals surface area contributed by atoms with E-state index >= 15 is 0 Å². The molecule has 0 radical (unpaired) electrons. The highest BCUT2D eigenvalue weighted by Gasteiger charge is 2.27. The molecule has 2 aromatic rings. The van der Waals surface area contributed by atoms with Crippen LogP contribution in [-0.4, -0.2) is 48.9 Å². The first-order valence-electron chi connectivity index (χ1n) is 10.9. The maximum atomic E-state index is 13.3. The molecular weight excluding hydrogens is 411 g/mol. The second-order valence-electron chi connectivity index (χ2n) is 8.37. The summed E-state index contributed by atoms with van der Waals surface area (Å²) in [6.07, 6.45) is 2.54. The van der Waals surface area contributed by atoms with Crippen LogP contribution in [-0.2, 0) is 11.2 Å². The van der Waals surface area contributed by atoms with E-state index in [0.29, 0.717) is 37.4 Å². The fourth-order valence-corrected chi connectivity index (χ4v) is 4.44. The summed E-state index contributed by atoms with van der Waals surface area (Å²) in [5, 5.41) is 5.44. The van der Waals surface area contributed by atoms with Crippen LogP contribution in [0.2, 0.25) is 0 Å². The van der Waals surface area contributed by atoms with Crippen LogP contribution in [0.25, 0.3) is 0 Å². The molecule has 4 amide bonds. The van der Waals surface area contributed by atoms with Crippen molar-refractivity contribution in [2.45, 2.75) is 26.2 Å². The Labute approximate surface area is 186 Å². The van der Waals surface area contributed by atoms with E-state index in [9.17, 15) is 18.8 Å². The van der Waals surface area contributed by atoms with Crippen LogP contribution in [0.1, 0.15) is 35.7 Å². The molecule has 0 bridgehead atoms. The number of likely N-dealkylation sites (tertiary alicyclic amines) is 1. The average Bonchev–Trinajstić information content (AvgIpc) is 3.21. The third kappa shape index (κ3) is 4.90. The second-order valence-corrected chi connectivity index (χ2v) is 8.37. The number of halogens is 1. The van der Waals surface area contributed by atoms with Gasteiger partial charge in [0, 0.05) is 50.0 Å². The van der Waals surface area contributed by atoms with Crippen molar-refractivity contribution in [3.05, 3.63) is 59.4 Å². The number of anilines is 2. The third-order valence-electron chi connectivity index (χ3n) is 6.04. The lowest BCUT2D eigenvalue weighted by Crippen LogP contribution is -2.44. The quantitative estimate of drug-likeness (QED) is 0.768. The van der Waals surface area contributed by atoms with E-state index in [4.69, 9.17) is 0 Å². The van der Waals surface area contributed by atoms with Gasteiger partial charge in [-0.2, -0.15) is 0 Å². The second kappa shape index (κ2) is 9.38. The van der Waals surface area contributed by atoms with Gasteiger partial charge in [-0.1, -0.05) is 6.07 Å². The number of carbonyl (C=O) groups excluding carboxylic acids is 3. The summed E-state index contributed by atoms with van der Waals surface area (Å²) < 4.78 is 13.3. The largest absolute Gasteiger partial charge is 0.338 e. The lowest BCUT2D eigenvalue weighted by Gasteiger charge is -2.33. The Morgan fingerprint density at radius 3 is 2.75 bits per heavy atom. The summed E-state index contributed by atoms with van der Waals surface area (Å²) in [6, 6.07) is 10.9. The molecule has 4 rings (SSSR count). The highest BCUT2D eigenvalue weighted by molar-refractivity contribution is 5.98. The molecule has 0 saturated carbocycles. The summed E-state index contributed by atoms with van der Waals surface area (Å²) >= 11 is 0. The van der Waals surface area contributed by atoms with E-state index in [1.165, 1.54) is 18.2 Å². The van der Waals surface area contributed by atoms with E-state index in [2.05, 4.69) is 10.6 Å². The topological polar surface area (TPSA) is 81.8 Å². The van der Waals surface area contributed by atoms with Crippen molar-refractivity contribution in [1.29, 1.82) is 0 Å². The van der Waals surface area contributed by atoms with E-state index in [1.54, 1.807) is 24.0 Å². The number of rotatable bonds is 4. The normalized spacial score (nSPS) is 17.6. The molecule has 2 heterocycles. The first-order chi connectivity index (χ1) is 15.4. The highest BCUT2D eigenvalue weighted by Crippen LogP contribution is 2.29. The molecule has 1 unspecified atom stereocenters. The molecule has 0 spiro atoms. The van der Waals surface area contributed by atoms with Crippen molar-refractivity contribution >= 4 is 29.2 Å². The van der Waals surface area contributed by atoms with Crippen molar-refractivity contribution in [2.24, 2.45) is 5.92 Å². The summed E-state index contributed by atoms with van der Waals surface area (Å²) in [6.45, 7) is 3.88. The Balaban J connectivity index is 1.32. The first kappa shape index (κ1) is 21.8. The molecule has 32 heavy (non-hydrogen) atoms. The van der Waals surface area contributed by atoms with Gasteiger partial charge in [-0.3, -0.25) is 9.59 Å². The minimum Gasteiger partial charge on any atom is -0.338 e. The number of amides is 4. The van der Waals surface area contributed by atoms with Crippen LogP contribution in [0.5, 0.6) is 0 Å². The van der Waals surface area contributed by atoms with Crippen molar-refractivity contribution in [1.82, 2.24) is 10.2 Å². The molecule has 2 aliphatic rings. The van der Waals surface area contributed by atoms with Crippen LogP contribution >= 0.6 is 0 Å². The number of benzene rings is 2. The van der Waals surface area contributed by atoms with Gasteiger partial charge in [0.25, 0.3) is 5.91 Å². The van der Waals surface area contributed by atoms with Crippen molar-refractivity contribution in [3.63, 3.8) is 0 Å². The molecule has 168 valence electrons. The standard InChI is InChI=1S/C24H27FN4O3/c1-16(30)29-11-9-18-12-19(7-8-22(18)29)23(31)28-10-3-4-17(15-28)14-26-24(32)27-21-6-2-5-20(25)13-21/h2,5-8,12-13,17H,3-4,9-11,14-15H2,1H3,(H2,26,27,32). The fraction of sp³-hybridized carbons (Fsp3) is 0.375. The fourth-order valence-electron chi connectivity index (χ4n) is 4.44. The average molecular weight is 439 g/mol. The number of hydrogen-bond acceptors (Lipinski definition) is 3. The Kier molecular flexibility index (Phi) is 6.39. The summed E-state index contributed by atoms with van der Waals surface area (Å²) in [7, 11) is 0. The van der Waals surface area contributed by atoms with E-state index < -0.39 is 11.8 Å². The predicted octanol–water partition coefficient (Wildman–Crippen LogP) is 3.41. The van der Waals surface area contributed by atoms with E-state index in [0.717, 1.165) is 30.5 Å². The highest BCUT2D eigenvalue weighted by atomic mass is 19.1. The molecule has 2 N–H and O–H groups in total. The molecule has 1 saturated heterocycles. The van der Waals surface area contributed by atoms with Gasteiger partial charge in [-0.15, -0.1) is 0 Å². The molecule has 2 aliphatic heterocycles. The number of urea groups is 1. The lowest BCUT2D eigenvalue weighted by atomic mass is 9.97. The van der Waals surface area contributed by atoms with Crippen LogP contribution < -0.4 is 15.5 Å². The predicted molar refractivity (Wildman–Crippen MR) is 120 cm³/mol. The summed E-state index contributed by atoms with van der Waals surface area (Å²) in [5.41, 5.74) is 2.93. The van der Waals surface area contributed by atoms with Gasteiger partial charge in [0.05, 0.1) is 0 Å². The van der Waals surface area contributed by atoms with E-state index in [-0.39, 0.29) is 17.7 Å². The number of hydrogen-bond donors (Lipinski definition) is 2. The van der Waals surface area contributed by atoms with Gasteiger partial charge in [-0.05, 0) is 67.1 Å². The zero-order valence-electron chi connectivity index (χ0n) is 18.1. The Morgan fingerprint density at radius 1 is 1.12 bits per heavy atom. The van der Waals surface area contributed by atoms with E-state index in [1.807, 2.05) is 17.0 Å². The van der Waals surface area contributed by atoms with Gasteiger partial charge in [0.15, 0.2) is 0 Å².